The molecule has 84 valence electrons. The lowest BCUT2D eigenvalue weighted by Crippen LogP contribution is -1.90. The summed E-state index contributed by atoms with van der Waals surface area (Å²) in [6, 6.07) is 7.79. The minimum atomic E-state index is -0.0136. The van der Waals surface area contributed by atoms with Crippen LogP contribution in [0.5, 0.6) is 0 Å². The summed E-state index contributed by atoms with van der Waals surface area (Å²) in [5, 5.41) is 3.62. The summed E-state index contributed by atoms with van der Waals surface area (Å²) in [5.74, 6) is -0.0136. The number of nitrogens with zero attached hydrogens (tertiary/aromatic N) is 1. The van der Waals surface area contributed by atoms with Gasteiger partial charge in [-0.05, 0) is 6.07 Å². The van der Waals surface area contributed by atoms with E-state index in [1.54, 1.807) is 11.6 Å². The monoisotopic (exact) mass is 243 g/mol. The Bertz CT molecular complexity index is 696. The molecule has 0 radical (unpaired) electrons. The van der Waals surface area contributed by atoms with E-state index in [-0.39, 0.29) is 5.78 Å². The molecule has 0 bridgehead atoms. The number of thiazole rings is 1. The van der Waals surface area contributed by atoms with Crippen LogP contribution in [0.2, 0.25) is 0 Å². The van der Waals surface area contributed by atoms with Crippen molar-refractivity contribution in [2.24, 2.45) is 0 Å². The number of carbonyl (C=O) groups is 1. The van der Waals surface area contributed by atoms with Gasteiger partial charge in [0.1, 0.15) is 22.5 Å². The number of carbonyl (C=O) groups excluding carboxylic acids is 1. The Balaban J connectivity index is 2.17. The van der Waals surface area contributed by atoms with Gasteiger partial charge in [-0.25, -0.2) is 4.98 Å². The van der Waals surface area contributed by atoms with Crippen LogP contribution < -0.4 is 0 Å². The predicted molar refractivity (Wildman–Crippen MR) is 67.3 cm³/mol. The van der Waals surface area contributed by atoms with Gasteiger partial charge in [-0.1, -0.05) is 18.2 Å². The average Bonchev–Trinajstić information content (AvgIpc) is 2.95. The first-order valence-corrected chi connectivity index (χ1v) is 6.07. The number of aromatic nitrogens is 1. The number of para-hydroxylation sites is 1. The topological polar surface area (TPSA) is 43.1 Å². The van der Waals surface area contributed by atoms with E-state index in [0.29, 0.717) is 5.69 Å². The third-order valence-corrected chi connectivity index (χ3v) is 3.45. The predicted octanol–water partition coefficient (Wildman–Crippen LogP) is 3.76. The van der Waals surface area contributed by atoms with Crippen molar-refractivity contribution in [1.29, 1.82) is 0 Å². The van der Waals surface area contributed by atoms with E-state index in [1.807, 2.05) is 24.3 Å². The van der Waals surface area contributed by atoms with Crippen LogP contribution in [-0.4, -0.2) is 10.8 Å². The summed E-state index contributed by atoms with van der Waals surface area (Å²) < 4.78 is 5.45. The van der Waals surface area contributed by atoms with E-state index in [0.717, 1.165) is 21.5 Å². The molecule has 0 amide bonds. The lowest BCUT2D eigenvalue weighted by molar-refractivity contribution is 0.101. The molecule has 3 nitrogen and oxygen atoms in total. The highest BCUT2D eigenvalue weighted by atomic mass is 32.1. The highest BCUT2D eigenvalue weighted by Gasteiger charge is 2.12. The Morgan fingerprint density at radius 3 is 2.94 bits per heavy atom. The lowest BCUT2D eigenvalue weighted by atomic mass is 10.2. The molecular formula is C13H9NO2S. The Hall–Kier alpha value is -1.94. The molecule has 0 N–H and O–H groups in total. The molecule has 17 heavy (non-hydrogen) atoms. The maximum Gasteiger partial charge on any atom is 0.178 e. The van der Waals surface area contributed by atoms with E-state index in [4.69, 9.17) is 4.42 Å². The second kappa shape index (κ2) is 3.82. The summed E-state index contributed by atoms with van der Waals surface area (Å²) in [6.07, 6.45) is 1.69. The van der Waals surface area contributed by atoms with Gasteiger partial charge in [-0.2, -0.15) is 0 Å². The second-order valence-corrected chi connectivity index (χ2v) is 4.60. The summed E-state index contributed by atoms with van der Waals surface area (Å²) in [7, 11) is 0. The van der Waals surface area contributed by atoms with Gasteiger partial charge in [-0.3, -0.25) is 4.79 Å². The minimum Gasteiger partial charge on any atom is -0.464 e. The minimum absolute atomic E-state index is 0.0136. The Morgan fingerprint density at radius 1 is 1.35 bits per heavy atom. The van der Waals surface area contributed by atoms with E-state index in [1.165, 1.54) is 18.3 Å². The molecule has 0 fully saturated rings. The van der Waals surface area contributed by atoms with Crippen molar-refractivity contribution in [3.63, 3.8) is 0 Å². The largest absolute Gasteiger partial charge is 0.464 e. The number of hydrogen-bond donors (Lipinski definition) is 0. The Kier molecular flexibility index (Phi) is 2.30. The average molecular weight is 243 g/mol. The molecule has 0 saturated heterocycles. The summed E-state index contributed by atoms with van der Waals surface area (Å²) in [6.45, 7) is 1.52. The van der Waals surface area contributed by atoms with Gasteiger partial charge >= 0.3 is 0 Å². The fourth-order valence-corrected chi connectivity index (χ4v) is 2.58. The molecule has 2 aromatic heterocycles. The molecule has 0 spiro atoms. The summed E-state index contributed by atoms with van der Waals surface area (Å²) >= 11 is 1.46. The van der Waals surface area contributed by atoms with Gasteiger partial charge < -0.3 is 4.42 Å². The van der Waals surface area contributed by atoms with E-state index in [2.05, 4.69) is 4.98 Å². The molecule has 0 aliphatic rings. The lowest BCUT2D eigenvalue weighted by Gasteiger charge is -1.91. The maximum atomic E-state index is 11.2. The van der Waals surface area contributed by atoms with Crippen LogP contribution in [0.15, 0.2) is 40.3 Å². The number of benzene rings is 1. The number of hydrogen-bond acceptors (Lipinski definition) is 4. The zero-order valence-corrected chi connectivity index (χ0v) is 9.95. The van der Waals surface area contributed by atoms with Crippen molar-refractivity contribution >= 4 is 28.1 Å². The molecule has 0 unspecified atom stereocenters. The molecular weight excluding hydrogens is 234 g/mol. The fraction of sp³-hybridized carbons (Fsp3) is 0.0769. The summed E-state index contributed by atoms with van der Waals surface area (Å²) in [5.41, 5.74) is 2.29. The first-order chi connectivity index (χ1) is 8.25. The van der Waals surface area contributed by atoms with Crippen molar-refractivity contribution in [3.8, 4) is 10.6 Å². The third kappa shape index (κ3) is 1.66. The third-order valence-electron chi connectivity index (χ3n) is 2.58. The van der Waals surface area contributed by atoms with E-state index in [9.17, 15) is 4.79 Å². The molecule has 0 atom stereocenters. The number of fused-ring (bicyclic) bond motifs is 1. The van der Waals surface area contributed by atoms with Gasteiger partial charge in [0.2, 0.25) is 0 Å². The smallest absolute Gasteiger partial charge is 0.178 e. The number of rotatable bonds is 2. The van der Waals surface area contributed by atoms with Gasteiger partial charge in [0, 0.05) is 17.7 Å². The zero-order valence-electron chi connectivity index (χ0n) is 9.14. The molecule has 3 aromatic rings. The van der Waals surface area contributed by atoms with Crippen LogP contribution in [-0.2, 0) is 0 Å². The Morgan fingerprint density at radius 2 is 2.18 bits per heavy atom. The van der Waals surface area contributed by atoms with Gasteiger partial charge in [0.25, 0.3) is 0 Å². The summed E-state index contributed by atoms with van der Waals surface area (Å²) in [4.78, 5) is 15.5. The second-order valence-electron chi connectivity index (χ2n) is 3.74. The molecule has 0 aliphatic heterocycles. The zero-order chi connectivity index (χ0) is 11.8. The number of ketones is 1. The molecule has 2 heterocycles. The quantitative estimate of drug-likeness (QED) is 0.643. The van der Waals surface area contributed by atoms with Gasteiger partial charge in [0.15, 0.2) is 5.78 Å². The van der Waals surface area contributed by atoms with Crippen LogP contribution in [0, 0.1) is 0 Å². The van der Waals surface area contributed by atoms with Crippen LogP contribution in [0.3, 0.4) is 0 Å². The van der Waals surface area contributed by atoms with Crippen molar-refractivity contribution in [2.75, 3.05) is 0 Å². The van der Waals surface area contributed by atoms with Crippen molar-refractivity contribution < 1.29 is 9.21 Å². The fourth-order valence-electron chi connectivity index (χ4n) is 1.70. The van der Waals surface area contributed by atoms with E-state index >= 15 is 0 Å². The van der Waals surface area contributed by atoms with Gasteiger partial charge in [0.05, 0.1) is 5.56 Å². The highest BCUT2D eigenvalue weighted by molar-refractivity contribution is 7.13. The van der Waals surface area contributed by atoms with Crippen LogP contribution in [0.4, 0.5) is 0 Å². The normalized spacial score (nSPS) is 10.9. The van der Waals surface area contributed by atoms with Crippen molar-refractivity contribution in [3.05, 3.63) is 41.6 Å². The highest BCUT2D eigenvalue weighted by Crippen LogP contribution is 2.32. The molecule has 1 aromatic carbocycles. The van der Waals surface area contributed by atoms with Crippen LogP contribution in [0.1, 0.15) is 17.4 Å². The number of Topliss-reactive ketones (excluding diaryl/α,β-unsaturated/α-hetero) is 1. The Labute approximate surface area is 102 Å². The van der Waals surface area contributed by atoms with Crippen molar-refractivity contribution in [2.45, 2.75) is 6.92 Å². The van der Waals surface area contributed by atoms with Crippen LogP contribution >= 0.6 is 11.3 Å². The van der Waals surface area contributed by atoms with E-state index < -0.39 is 0 Å². The standard InChI is InChI=1S/C13H9NO2S/c1-8(15)11-7-17-13(14-11)10-6-16-12-5-3-2-4-9(10)12/h2-7H,1H3. The maximum absolute atomic E-state index is 11.2. The molecule has 0 aliphatic carbocycles. The number of furan rings is 1. The SMILES string of the molecule is CC(=O)c1csc(-c2coc3ccccc23)n1. The molecule has 4 heteroatoms. The van der Waals surface area contributed by atoms with Crippen LogP contribution in [0.25, 0.3) is 21.5 Å². The molecule has 3 rings (SSSR count). The van der Waals surface area contributed by atoms with Gasteiger partial charge in [-0.15, -0.1) is 11.3 Å². The first kappa shape index (κ1) is 10.2. The molecule has 0 saturated carbocycles. The first-order valence-electron chi connectivity index (χ1n) is 5.19. The van der Waals surface area contributed by atoms with Crippen molar-refractivity contribution in [1.82, 2.24) is 4.98 Å².